The zero-order valence-electron chi connectivity index (χ0n) is 18.8. The third kappa shape index (κ3) is 6.13. The Morgan fingerprint density at radius 3 is 2.71 bits per heavy atom. The summed E-state index contributed by atoms with van der Waals surface area (Å²) < 4.78 is 0. The first-order valence-electron chi connectivity index (χ1n) is 10.8. The van der Waals surface area contributed by atoms with Crippen LogP contribution in [0.25, 0.3) is 0 Å². The van der Waals surface area contributed by atoms with E-state index < -0.39 is 0 Å². The molecule has 3 heteroatoms. The van der Waals surface area contributed by atoms with E-state index in [0.29, 0.717) is 11.1 Å². The Hall–Kier alpha value is -1.74. The van der Waals surface area contributed by atoms with E-state index in [2.05, 4.69) is 56.7 Å². The lowest BCUT2D eigenvalue weighted by molar-refractivity contribution is 0.105. The van der Waals surface area contributed by atoms with Crippen molar-refractivity contribution in [2.45, 2.75) is 67.2 Å². The van der Waals surface area contributed by atoms with Gasteiger partial charge in [0.2, 0.25) is 0 Å². The minimum atomic E-state index is 0.390. The molecule has 2 aliphatic rings. The molecule has 0 aromatic heterocycles. The molecule has 1 atom stereocenters. The average Bonchev–Trinajstić information content (AvgIpc) is 2.66. The van der Waals surface area contributed by atoms with Crippen LogP contribution in [0, 0.1) is 16.7 Å². The summed E-state index contributed by atoms with van der Waals surface area (Å²) in [6, 6.07) is 0. The molecular weight excluding hydrogens is 342 g/mol. The first-order chi connectivity index (χ1) is 13.3. The summed E-state index contributed by atoms with van der Waals surface area (Å²) in [6.07, 6.45) is 15.1. The molecule has 0 amide bonds. The quantitative estimate of drug-likeness (QED) is 0.535. The van der Waals surface area contributed by atoms with Gasteiger partial charge in [0, 0.05) is 19.3 Å². The summed E-state index contributed by atoms with van der Waals surface area (Å²) >= 11 is 0. The van der Waals surface area contributed by atoms with Crippen molar-refractivity contribution in [2.75, 3.05) is 19.6 Å². The van der Waals surface area contributed by atoms with Gasteiger partial charge in [0.25, 0.3) is 0 Å². The van der Waals surface area contributed by atoms with Gasteiger partial charge in [-0.05, 0) is 68.2 Å². The zero-order valence-corrected chi connectivity index (χ0v) is 18.8. The maximum absolute atomic E-state index is 8.37. The first kappa shape index (κ1) is 22.5. The van der Waals surface area contributed by atoms with Crippen molar-refractivity contribution in [1.29, 1.82) is 5.41 Å². The van der Waals surface area contributed by atoms with Gasteiger partial charge in [-0.1, -0.05) is 57.9 Å². The van der Waals surface area contributed by atoms with Crippen molar-refractivity contribution in [1.82, 2.24) is 4.90 Å². The minimum absolute atomic E-state index is 0.390. The highest BCUT2D eigenvalue weighted by Crippen LogP contribution is 2.33. The number of nitrogens with one attached hydrogen (secondary N) is 1. The zero-order chi connectivity index (χ0) is 20.7. The Balaban J connectivity index is 2.11. The van der Waals surface area contributed by atoms with E-state index in [1.54, 1.807) is 6.20 Å². The molecule has 2 rings (SSSR count). The lowest BCUT2D eigenvalue weighted by Crippen LogP contribution is -2.41. The third-order valence-electron chi connectivity index (χ3n) is 5.96. The number of likely N-dealkylation sites (tertiary alicyclic amines) is 1. The summed E-state index contributed by atoms with van der Waals surface area (Å²) in [5, 5.41) is 8.37. The van der Waals surface area contributed by atoms with Crippen LogP contribution in [0.15, 0.2) is 52.2 Å². The standard InChI is InChI=1S/C25H39N3/c1-7-10-20(17-28-16-9-11-22(18-28)25(4,5)6)13-12-19(3)24-23(26)21(8-2)14-15-27-24/h8,12-15,22,26H,7,9-11,16-18H2,1-6H3/b19-12+,20-13+,21-8-,26-23?. The van der Waals surface area contributed by atoms with Crippen LogP contribution >= 0.6 is 0 Å². The van der Waals surface area contributed by atoms with E-state index in [1.807, 2.05) is 19.1 Å². The van der Waals surface area contributed by atoms with Gasteiger partial charge in [0.05, 0.1) is 11.4 Å². The maximum Gasteiger partial charge on any atom is 0.0914 e. The van der Waals surface area contributed by atoms with Crippen LogP contribution in [-0.2, 0) is 0 Å². The van der Waals surface area contributed by atoms with Gasteiger partial charge in [-0.3, -0.25) is 15.3 Å². The maximum atomic E-state index is 8.37. The summed E-state index contributed by atoms with van der Waals surface area (Å²) in [7, 11) is 0. The summed E-state index contributed by atoms with van der Waals surface area (Å²) in [5.41, 5.74) is 5.19. The van der Waals surface area contributed by atoms with E-state index >= 15 is 0 Å². The van der Waals surface area contributed by atoms with Gasteiger partial charge in [-0.2, -0.15) is 0 Å². The summed E-state index contributed by atoms with van der Waals surface area (Å²) in [5.74, 6) is 0.782. The second kappa shape index (κ2) is 10.2. The lowest BCUT2D eigenvalue weighted by atomic mass is 9.76. The van der Waals surface area contributed by atoms with Gasteiger partial charge >= 0.3 is 0 Å². The van der Waals surface area contributed by atoms with E-state index in [4.69, 9.17) is 5.41 Å². The average molecular weight is 382 g/mol. The highest BCUT2D eigenvalue weighted by atomic mass is 15.1. The Kier molecular flexibility index (Phi) is 8.18. The van der Waals surface area contributed by atoms with Crippen molar-refractivity contribution >= 4 is 11.4 Å². The Morgan fingerprint density at radius 2 is 2.07 bits per heavy atom. The number of hydrogen-bond acceptors (Lipinski definition) is 3. The Labute approximate surface area is 172 Å². The predicted molar refractivity (Wildman–Crippen MR) is 123 cm³/mol. The molecule has 1 N–H and O–H groups in total. The SMILES string of the molecule is C/C=C1/C=CN=C(/C(C)=C/C=C(\CCC)CN2CCCC(C(C)(C)C)C2)C1=N. The van der Waals surface area contributed by atoms with Gasteiger partial charge in [0.1, 0.15) is 0 Å². The van der Waals surface area contributed by atoms with Crippen molar-refractivity contribution in [3.63, 3.8) is 0 Å². The number of nitrogens with zero attached hydrogens (tertiary/aromatic N) is 2. The summed E-state index contributed by atoms with van der Waals surface area (Å²) in [4.78, 5) is 7.09. The second-order valence-corrected chi connectivity index (χ2v) is 9.28. The molecule has 1 unspecified atom stereocenters. The molecule has 2 aliphatic heterocycles. The number of aliphatic imine (C=N–C) groups is 1. The van der Waals surface area contributed by atoms with Crippen LogP contribution in [0.4, 0.5) is 0 Å². The van der Waals surface area contributed by atoms with Crippen LogP contribution in [0.2, 0.25) is 0 Å². The number of rotatable bonds is 6. The molecule has 3 nitrogen and oxygen atoms in total. The molecule has 0 aliphatic carbocycles. The van der Waals surface area contributed by atoms with Gasteiger partial charge in [-0.25, -0.2) is 0 Å². The Bertz CT molecular complexity index is 711. The van der Waals surface area contributed by atoms with Crippen molar-refractivity contribution in [3.05, 3.63) is 47.2 Å². The molecule has 2 heterocycles. The molecule has 0 aromatic rings. The molecule has 0 spiro atoms. The molecule has 1 fully saturated rings. The van der Waals surface area contributed by atoms with Crippen LogP contribution in [0.1, 0.15) is 67.2 Å². The molecule has 1 saturated heterocycles. The van der Waals surface area contributed by atoms with E-state index in [0.717, 1.165) is 42.2 Å². The molecule has 0 radical (unpaired) electrons. The fourth-order valence-corrected chi connectivity index (χ4v) is 4.07. The van der Waals surface area contributed by atoms with Gasteiger partial charge in [0.15, 0.2) is 0 Å². The van der Waals surface area contributed by atoms with Gasteiger partial charge in [-0.15, -0.1) is 0 Å². The number of hydrogen-bond donors (Lipinski definition) is 1. The molecule has 0 saturated carbocycles. The Morgan fingerprint density at radius 1 is 1.32 bits per heavy atom. The third-order valence-corrected chi connectivity index (χ3v) is 5.96. The highest BCUT2D eigenvalue weighted by molar-refractivity contribution is 6.53. The smallest absolute Gasteiger partial charge is 0.0914 e. The van der Waals surface area contributed by atoms with Crippen LogP contribution in [-0.4, -0.2) is 36.0 Å². The van der Waals surface area contributed by atoms with E-state index in [9.17, 15) is 0 Å². The fraction of sp³-hybridized carbons (Fsp3) is 0.600. The largest absolute Gasteiger partial charge is 0.299 e. The number of piperidine rings is 1. The van der Waals surface area contributed by atoms with Crippen molar-refractivity contribution < 1.29 is 0 Å². The molecule has 0 aromatic carbocycles. The van der Waals surface area contributed by atoms with E-state index in [-0.39, 0.29) is 0 Å². The molecule has 28 heavy (non-hydrogen) atoms. The lowest BCUT2D eigenvalue weighted by Gasteiger charge is -2.40. The van der Waals surface area contributed by atoms with Crippen molar-refractivity contribution in [2.24, 2.45) is 16.3 Å². The molecule has 154 valence electrons. The van der Waals surface area contributed by atoms with Crippen LogP contribution < -0.4 is 0 Å². The summed E-state index contributed by atoms with van der Waals surface area (Å²) in [6.45, 7) is 16.9. The normalized spacial score (nSPS) is 24.1. The predicted octanol–water partition coefficient (Wildman–Crippen LogP) is 6.35. The van der Waals surface area contributed by atoms with Gasteiger partial charge < -0.3 is 0 Å². The highest BCUT2D eigenvalue weighted by Gasteiger charge is 2.29. The fourth-order valence-electron chi connectivity index (χ4n) is 4.07. The first-order valence-corrected chi connectivity index (χ1v) is 10.8. The monoisotopic (exact) mass is 381 g/mol. The minimum Gasteiger partial charge on any atom is -0.299 e. The van der Waals surface area contributed by atoms with Crippen molar-refractivity contribution in [3.8, 4) is 0 Å². The topological polar surface area (TPSA) is 39.5 Å². The molecule has 0 bridgehead atoms. The number of allylic oxidation sites excluding steroid dienone is 6. The van der Waals surface area contributed by atoms with Crippen LogP contribution in [0.5, 0.6) is 0 Å². The van der Waals surface area contributed by atoms with Crippen LogP contribution in [0.3, 0.4) is 0 Å². The second-order valence-electron chi connectivity index (χ2n) is 9.28. The molecular formula is C25H39N3. The van der Waals surface area contributed by atoms with E-state index in [1.165, 1.54) is 31.5 Å².